The van der Waals surface area contributed by atoms with Crippen LogP contribution in [-0.2, 0) is 6.54 Å². The normalized spacial score (nSPS) is 15.9. The summed E-state index contributed by atoms with van der Waals surface area (Å²) in [5, 5.41) is 0. The van der Waals surface area contributed by atoms with Crippen LogP contribution in [0, 0.1) is 11.6 Å². The molecule has 10 heteroatoms. The number of carbonyl (C=O) groups excluding carboxylic acids is 1. The number of imidazole rings is 1. The minimum absolute atomic E-state index is 0.152. The molecule has 4 aromatic rings. The number of hydrogen-bond donors (Lipinski definition) is 0. The summed E-state index contributed by atoms with van der Waals surface area (Å²) in [6.45, 7) is 7.02. The van der Waals surface area contributed by atoms with Crippen LogP contribution in [0.2, 0.25) is 0 Å². The number of aromatic nitrogens is 4. The van der Waals surface area contributed by atoms with Crippen molar-refractivity contribution in [1.82, 2.24) is 24.4 Å². The van der Waals surface area contributed by atoms with E-state index in [1.54, 1.807) is 17.3 Å². The minimum Gasteiger partial charge on any atom is -0.305 e. The topological polar surface area (TPSA) is 79.5 Å². The lowest BCUT2D eigenvalue weighted by Crippen LogP contribution is -2.51. The van der Waals surface area contributed by atoms with Gasteiger partial charge < -0.3 is 4.57 Å². The Labute approximate surface area is 218 Å². The second kappa shape index (κ2) is 8.83. The molecule has 0 aliphatic carbocycles. The Morgan fingerprint density at radius 3 is 2.39 bits per heavy atom. The van der Waals surface area contributed by atoms with Crippen molar-refractivity contribution in [3.63, 3.8) is 0 Å². The largest absolute Gasteiger partial charge is 0.305 e. The van der Waals surface area contributed by atoms with Gasteiger partial charge in [-0.15, -0.1) is 0 Å². The summed E-state index contributed by atoms with van der Waals surface area (Å²) < 4.78 is 29.7. The van der Waals surface area contributed by atoms with Crippen molar-refractivity contribution in [2.45, 2.75) is 32.9 Å². The Hall–Kier alpha value is -4.47. The predicted molar refractivity (Wildman–Crippen MR) is 140 cm³/mol. The molecule has 6 rings (SSSR count). The third-order valence-electron chi connectivity index (χ3n) is 6.66. The Balaban J connectivity index is 1.52. The van der Waals surface area contributed by atoms with E-state index in [1.807, 2.05) is 60.6 Å². The molecule has 0 N–H and O–H groups in total. The fourth-order valence-electron chi connectivity index (χ4n) is 4.94. The standard InChI is InChI=1S/C28H25F2N7O/c1-4-35-26(38)22-25(37-16-28(2,3)34-27(35)37)36(15-17-10-11-20(29)21(30)12-17)24(33-22)19-13-31-23(32-14-19)18-8-6-5-7-9-18/h5-14H,4,15-16H2,1-3H3. The summed E-state index contributed by atoms with van der Waals surface area (Å²) in [7, 11) is 0. The van der Waals surface area contributed by atoms with E-state index >= 15 is 0 Å². The summed E-state index contributed by atoms with van der Waals surface area (Å²) in [5.41, 5.74) is 1.83. The van der Waals surface area contributed by atoms with Gasteiger partial charge in [0.15, 0.2) is 23.2 Å². The van der Waals surface area contributed by atoms with Crippen LogP contribution >= 0.6 is 0 Å². The van der Waals surface area contributed by atoms with Gasteiger partial charge in [-0.2, -0.15) is 0 Å². The van der Waals surface area contributed by atoms with Crippen LogP contribution in [0.15, 0.2) is 65.9 Å². The highest BCUT2D eigenvalue weighted by Gasteiger charge is 2.45. The molecule has 192 valence electrons. The van der Waals surface area contributed by atoms with Crippen LogP contribution in [0.1, 0.15) is 36.8 Å². The van der Waals surface area contributed by atoms with Gasteiger partial charge in [0.1, 0.15) is 11.6 Å². The molecule has 0 saturated carbocycles. The first-order valence-corrected chi connectivity index (χ1v) is 12.4. The molecule has 8 nitrogen and oxygen atoms in total. The predicted octanol–water partition coefficient (Wildman–Crippen LogP) is 4.76. The van der Waals surface area contributed by atoms with Crippen molar-refractivity contribution < 1.29 is 13.6 Å². The molecular formula is C28H25F2N7O. The quantitative estimate of drug-likeness (QED) is 0.384. The van der Waals surface area contributed by atoms with E-state index in [2.05, 4.69) is 9.97 Å². The van der Waals surface area contributed by atoms with Crippen LogP contribution in [0.5, 0.6) is 0 Å². The summed E-state index contributed by atoms with van der Waals surface area (Å²) in [6, 6.07) is 13.4. The van der Waals surface area contributed by atoms with Crippen molar-refractivity contribution >= 4 is 17.7 Å². The van der Waals surface area contributed by atoms with E-state index in [0.717, 1.165) is 17.7 Å². The number of anilines is 1. The summed E-state index contributed by atoms with van der Waals surface area (Å²) in [4.78, 5) is 35.9. The fourth-order valence-corrected chi connectivity index (χ4v) is 4.94. The first-order chi connectivity index (χ1) is 18.3. The molecule has 0 bridgehead atoms. The van der Waals surface area contributed by atoms with Gasteiger partial charge in [-0.05, 0) is 38.5 Å². The molecule has 2 aliphatic heterocycles. The maximum atomic E-state index is 14.1. The van der Waals surface area contributed by atoms with Crippen molar-refractivity contribution in [1.29, 1.82) is 0 Å². The molecule has 1 amide bonds. The van der Waals surface area contributed by atoms with Gasteiger partial charge in [0, 0.05) is 24.5 Å². The zero-order valence-electron chi connectivity index (χ0n) is 21.2. The Morgan fingerprint density at radius 1 is 0.974 bits per heavy atom. The number of guanidine groups is 1. The van der Waals surface area contributed by atoms with Gasteiger partial charge in [-0.25, -0.2) is 28.7 Å². The second-order valence-corrected chi connectivity index (χ2v) is 9.96. The summed E-state index contributed by atoms with van der Waals surface area (Å²) >= 11 is 0. The molecule has 0 atom stereocenters. The monoisotopic (exact) mass is 513 g/mol. The van der Waals surface area contributed by atoms with Crippen molar-refractivity contribution in [3.05, 3.63) is 83.8 Å². The minimum atomic E-state index is -0.939. The van der Waals surface area contributed by atoms with Crippen LogP contribution in [0.3, 0.4) is 0 Å². The lowest BCUT2D eigenvalue weighted by atomic mass is 10.1. The van der Waals surface area contributed by atoms with Gasteiger partial charge >= 0.3 is 0 Å². The van der Waals surface area contributed by atoms with E-state index in [9.17, 15) is 13.6 Å². The first kappa shape index (κ1) is 23.9. The number of benzene rings is 2. The molecule has 0 saturated heterocycles. The van der Waals surface area contributed by atoms with E-state index in [4.69, 9.17) is 9.98 Å². The average Bonchev–Trinajstić information content (AvgIpc) is 3.44. The maximum absolute atomic E-state index is 14.1. The van der Waals surface area contributed by atoms with Gasteiger partial charge in [0.25, 0.3) is 5.91 Å². The molecular weight excluding hydrogens is 488 g/mol. The fraction of sp³-hybridized carbons (Fsp3) is 0.250. The molecule has 0 fully saturated rings. The van der Waals surface area contributed by atoms with Gasteiger partial charge in [0.2, 0.25) is 5.96 Å². The Bertz CT molecular complexity index is 1580. The van der Waals surface area contributed by atoms with E-state index in [-0.39, 0.29) is 18.1 Å². The van der Waals surface area contributed by atoms with Crippen molar-refractivity contribution in [3.8, 4) is 22.8 Å². The van der Waals surface area contributed by atoms with Crippen LogP contribution in [0.25, 0.3) is 22.8 Å². The third-order valence-corrected chi connectivity index (χ3v) is 6.66. The van der Waals surface area contributed by atoms with E-state index in [0.29, 0.717) is 47.6 Å². The zero-order valence-corrected chi connectivity index (χ0v) is 21.2. The van der Waals surface area contributed by atoms with E-state index < -0.39 is 17.2 Å². The number of amides is 1. The zero-order chi connectivity index (χ0) is 26.6. The second-order valence-electron chi connectivity index (χ2n) is 9.96. The molecule has 4 heterocycles. The van der Waals surface area contributed by atoms with Crippen LogP contribution < -0.4 is 4.90 Å². The van der Waals surface area contributed by atoms with Gasteiger partial charge in [-0.3, -0.25) is 14.6 Å². The molecule has 0 radical (unpaired) electrons. The number of halogens is 2. The number of rotatable bonds is 5. The van der Waals surface area contributed by atoms with Crippen molar-refractivity contribution in [2.75, 3.05) is 18.0 Å². The number of fused-ring (bicyclic) bond motifs is 3. The van der Waals surface area contributed by atoms with Gasteiger partial charge in [-0.1, -0.05) is 36.4 Å². The number of nitrogens with zero attached hydrogens (tertiary/aromatic N) is 7. The number of aliphatic imine (C=N–C) groups is 1. The number of carbonyl (C=O) groups is 1. The lowest BCUT2D eigenvalue weighted by molar-refractivity contribution is 0.0841. The van der Waals surface area contributed by atoms with Crippen molar-refractivity contribution in [2.24, 2.45) is 4.99 Å². The van der Waals surface area contributed by atoms with Crippen LogP contribution in [0.4, 0.5) is 14.6 Å². The SMILES string of the molecule is CCN1C(=O)c2nc(-c3cnc(-c4ccccc4)nc3)n(Cc3ccc(F)c(F)c3)c2N2CC(C)(C)N=C12. The summed E-state index contributed by atoms with van der Waals surface area (Å²) in [5.74, 6) is 0.0146. The lowest BCUT2D eigenvalue weighted by Gasteiger charge is -2.34. The van der Waals surface area contributed by atoms with Crippen LogP contribution in [-0.4, -0.2) is 54.9 Å². The highest BCUT2D eigenvalue weighted by Crippen LogP contribution is 2.38. The highest BCUT2D eigenvalue weighted by molar-refractivity contribution is 6.18. The molecule has 2 aliphatic rings. The molecule has 0 spiro atoms. The molecule has 2 aromatic heterocycles. The highest BCUT2D eigenvalue weighted by atomic mass is 19.2. The molecule has 38 heavy (non-hydrogen) atoms. The average molecular weight is 514 g/mol. The first-order valence-electron chi connectivity index (χ1n) is 12.4. The molecule has 0 unspecified atom stereocenters. The van der Waals surface area contributed by atoms with Gasteiger partial charge in [0.05, 0.1) is 24.2 Å². The third kappa shape index (κ3) is 3.93. The smallest absolute Gasteiger partial charge is 0.283 e. The molecule has 2 aromatic carbocycles. The Morgan fingerprint density at radius 2 is 1.71 bits per heavy atom. The Kier molecular flexibility index (Phi) is 5.55. The summed E-state index contributed by atoms with van der Waals surface area (Å²) in [6.07, 6.45) is 3.33. The number of hydrogen-bond acceptors (Lipinski definition) is 6. The maximum Gasteiger partial charge on any atom is 0.283 e. The van der Waals surface area contributed by atoms with E-state index in [1.165, 1.54) is 6.07 Å².